The summed E-state index contributed by atoms with van der Waals surface area (Å²) >= 11 is 0. The molecular weight excluding hydrogens is 352 g/mol. The van der Waals surface area contributed by atoms with Crippen molar-refractivity contribution in [2.75, 3.05) is 7.05 Å². The maximum atomic E-state index is 13.4. The summed E-state index contributed by atoms with van der Waals surface area (Å²) in [4.78, 5) is 24.0. The van der Waals surface area contributed by atoms with Crippen LogP contribution in [0.15, 0.2) is 65.6 Å². The Morgan fingerprint density at radius 1 is 1.18 bits per heavy atom. The summed E-state index contributed by atoms with van der Waals surface area (Å²) in [6.07, 6.45) is 4.97. The zero-order chi connectivity index (χ0) is 19.7. The van der Waals surface area contributed by atoms with E-state index in [2.05, 4.69) is 10.1 Å². The number of amides is 1. The average molecular weight is 372 g/mol. The van der Waals surface area contributed by atoms with E-state index < -0.39 is 0 Å². The Morgan fingerprint density at radius 3 is 2.75 bits per heavy atom. The zero-order valence-corrected chi connectivity index (χ0v) is 16.0. The summed E-state index contributed by atoms with van der Waals surface area (Å²) in [5.74, 6) is -0.0985. The lowest BCUT2D eigenvalue weighted by Crippen LogP contribution is -2.30. The Hall–Kier alpha value is -3.54. The second-order valence-corrected chi connectivity index (χ2v) is 6.83. The molecule has 6 heteroatoms. The molecule has 0 aliphatic carbocycles. The predicted octanol–water partition coefficient (Wildman–Crippen LogP) is 4.43. The number of carbonyl (C=O) groups excluding carboxylic acids is 1. The number of aromatic nitrogens is 3. The Morgan fingerprint density at radius 2 is 2.04 bits per heavy atom. The summed E-state index contributed by atoms with van der Waals surface area (Å²) in [6, 6.07) is 13.1. The van der Waals surface area contributed by atoms with E-state index in [1.165, 1.54) is 6.26 Å². The van der Waals surface area contributed by atoms with Crippen LogP contribution in [0.4, 0.5) is 0 Å². The van der Waals surface area contributed by atoms with Crippen molar-refractivity contribution < 1.29 is 9.32 Å². The van der Waals surface area contributed by atoms with E-state index in [-0.39, 0.29) is 11.9 Å². The van der Waals surface area contributed by atoms with Crippen LogP contribution in [-0.4, -0.2) is 33.0 Å². The van der Waals surface area contributed by atoms with Crippen LogP contribution in [0, 0.1) is 6.92 Å². The first-order chi connectivity index (χ1) is 13.5. The lowest BCUT2D eigenvalue weighted by atomic mass is 10.0. The van der Waals surface area contributed by atoms with Crippen molar-refractivity contribution in [3.8, 4) is 11.3 Å². The third-order valence-corrected chi connectivity index (χ3v) is 4.94. The molecule has 0 aliphatic rings. The second kappa shape index (κ2) is 7.23. The van der Waals surface area contributed by atoms with Crippen LogP contribution in [0.25, 0.3) is 22.2 Å². The first kappa shape index (κ1) is 17.9. The van der Waals surface area contributed by atoms with Gasteiger partial charge in [0.05, 0.1) is 22.8 Å². The number of rotatable bonds is 4. The van der Waals surface area contributed by atoms with Crippen LogP contribution >= 0.6 is 0 Å². The van der Waals surface area contributed by atoms with Gasteiger partial charge in [-0.2, -0.15) is 0 Å². The van der Waals surface area contributed by atoms with Crippen LogP contribution < -0.4 is 0 Å². The highest BCUT2D eigenvalue weighted by Crippen LogP contribution is 2.28. The van der Waals surface area contributed by atoms with Crippen molar-refractivity contribution in [2.24, 2.45) is 0 Å². The average Bonchev–Trinajstić information content (AvgIpc) is 3.27. The molecule has 0 aliphatic heterocycles. The number of aryl methyl sites for hydroxylation is 1. The number of benzene rings is 1. The van der Waals surface area contributed by atoms with Gasteiger partial charge >= 0.3 is 0 Å². The molecule has 0 bridgehead atoms. The zero-order valence-electron chi connectivity index (χ0n) is 16.0. The van der Waals surface area contributed by atoms with Gasteiger partial charge in [-0.05, 0) is 44.2 Å². The highest BCUT2D eigenvalue weighted by molar-refractivity contribution is 6.07. The maximum Gasteiger partial charge on any atom is 0.254 e. The van der Waals surface area contributed by atoms with Gasteiger partial charge in [-0.15, -0.1) is 0 Å². The molecule has 0 saturated carbocycles. The molecule has 4 aromatic rings. The Kier molecular flexibility index (Phi) is 4.61. The van der Waals surface area contributed by atoms with E-state index in [0.717, 1.165) is 27.7 Å². The monoisotopic (exact) mass is 372 g/mol. The Labute approximate surface area is 162 Å². The van der Waals surface area contributed by atoms with Crippen molar-refractivity contribution in [3.63, 3.8) is 0 Å². The topological polar surface area (TPSA) is 72.1 Å². The molecule has 28 heavy (non-hydrogen) atoms. The van der Waals surface area contributed by atoms with Gasteiger partial charge in [0.25, 0.3) is 5.91 Å². The van der Waals surface area contributed by atoms with Crippen LogP contribution in [0.1, 0.15) is 34.6 Å². The first-order valence-electron chi connectivity index (χ1n) is 9.04. The fourth-order valence-electron chi connectivity index (χ4n) is 3.18. The summed E-state index contributed by atoms with van der Waals surface area (Å²) in [6.45, 7) is 3.93. The molecule has 1 unspecified atom stereocenters. The predicted molar refractivity (Wildman–Crippen MR) is 107 cm³/mol. The van der Waals surface area contributed by atoms with Crippen molar-refractivity contribution >= 4 is 16.8 Å². The van der Waals surface area contributed by atoms with E-state index >= 15 is 0 Å². The van der Waals surface area contributed by atoms with Gasteiger partial charge in [0, 0.05) is 36.5 Å². The summed E-state index contributed by atoms with van der Waals surface area (Å²) < 4.78 is 4.93. The third kappa shape index (κ3) is 3.24. The van der Waals surface area contributed by atoms with Gasteiger partial charge in [0.2, 0.25) is 0 Å². The molecule has 4 rings (SSSR count). The number of carbonyl (C=O) groups is 1. The lowest BCUT2D eigenvalue weighted by Gasteiger charge is -2.24. The molecule has 3 aromatic heterocycles. The summed E-state index contributed by atoms with van der Waals surface area (Å²) in [5.41, 5.74) is 4.74. The minimum Gasteiger partial charge on any atom is -0.364 e. The van der Waals surface area contributed by atoms with Gasteiger partial charge in [0.15, 0.2) is 0 Å². The lowest BCUT2D eigenvalue weighted by molar-refractivity contribution is 0.0739. The number of hydrogen-bond donors (Lipinski definition) is 0. The Bertz CT molecular complexity index is 1120. The van der Waals surface area contributed by atoms with E-state index in [1.54, 1.807) is 30.4 Å². The molecule has 1 amide bonds. The van der Waals surface area contributed by atoms with Gasteiger partial charge in [0.1, 0.15) is 12.0 Å². The van der Waals surface area contributed by atoms with E-state index in [9.17, 15) is 4.79 Å². The van der Waals surface area contributed by atoms with E-state index in [1.807, 2.05) is 50.2 Å². The number of fused-ring (bicyclic) bond motifs is 1. The van der Waals surface area contributed by atoms with E-state index in [4.69, 9.17) is 9.51 Å². The smallest absolute Gasteiger partial charge is 0.254 e. The van der Waals surface area contributed by atoms with Crippen molar-refractivity contribution in [1.82, 2.24) is 20.0 Å². The van der Waals surface area contributed by atoms with Crippen LogP contribution in [0.2, 0.25) is 0 Å². The standard InChI is InChI=1S/C22H20N4O2/c1-14-6-7-20-17(11-14)18(12-21(24-20)16-5-4-9-23-13-16)22(27)26(3)15(2)19-8-10-28-25-19/h4-13,15H,1-3H3. The SMILES string of the molecule is Cc1ccc2nc(-c3cccnc3)cc(C(=O)N(C)C(C)c3ccon3)c2c1. The van der Waals surface area contributed by atoms with Gasteiger partial charge < -0.3 is 9.42 Å². The fourth-order valence-corrected chi connectivity index (χ4v) is 3.18. The fraction of sp³-hybridized carbons (Fsp3) is 0.182. The highest BCUT2D eigenvalue weighted by atomic mass is 16.5. The molecule has 6 nitrogen and oxygen atoms in total. The molecule has 140 valence electrons. The third-order valence-electron chi connectivity index (χ3n) is 4.94. The maximum absolute atomic E-state index is 13.4. The van der Waals surface area contributed by atoms with Crippen molar-refractivity contribution in [2.45, 2.75) is 19.9 Å². The van der Waals surface area contributed by atoms with Crippen molar-refractivity contribution in [1.29, 1.82) is 0 Å². The van der Waals surface area contributed by atoms with Gasteiger partial charge in [-0.25, -0.2) is 4.98 Å². The minimum atomic E-state index is -0.221. The number of pyridine rings is 2. The first-order valence-corrected chi connectivity index (χ1v) is 9.04. The van der Waals surface area contributed by atoms with E-state index in [0.29, 0.717) is 11.3 Å². The van der Waals surface area contributed by atoms with Gasteiger partial charge in [-0.1, -0.05) is 16.8 Å². The molecular formula is C22H20N4O2. The molecule has 0 fully saturated rings. The Balaban J connectivity index is 1.84. The second-order valence-electron chi connectivity index (χ2n) is 6.83. The number of hydrogen-bond acceptors (Lipinski definition) is 5. The van der Waals surface area contributed by atoms with Crippen molar-refractivity contribution in [3.05, 3.63) is 77.9 Å². The largest absolute Gasteiger partial charge is 0.364 e. The molecule has 0 radical (unpaired) electrons. The van der Waals surface area contributed by atoms with Gasteiger partial charge in [-0.3, -0.25) is 9.78 Å². The number of nitrogens with zero attached hydrogens (tertiary/aromatic N) is 4. The summed E-state index contributed by atoms with van der Waals surface area (Å²) in [5, 5.41) is 4.80. The van der Waals surface area contributed by atoms with Crippen LogP contribution in [-0.2, 0) is 0 Å². The molecule has 0 N–H and O–H groups in total. The molecule has 0 saturated heterocycles. The molecule has 1 aromatic carbocycles. The quantitative estimate of drug-likeness (QED) is 0.530. The normalized spacial score (nSPS) is 12.1. The minimum absolute atomic E-state index is 0.0985. The van der Waals surface area contributed by atoms with Crippen LogP contribution in [0.5, 0.6) is 0 Å². The highest BCUT2D eigenvalue weighted by Gasteiger charge is 2.23. The summed E-state index contributed by atoms with van der Waals surface area (Å²) in [7, 11) is 1.77. The molecule has 3 heterocycles. The molecule has 1 atom stereocenters. The molecule has 0 spiro atoms. The van der Waals surface area contributed by atoms with Crippen LogP contribution in [0.3, 0.4) is 0 Å².